The lowest BCUT2D eigenvalue weighted by Crippen LogP contribution is -2.36. The fraction of sp³-hybridized carbons (Fsp3) is 0.538. The van der Waals surface area contributed by atoms with Gasteiger partial charge in [-0.2, -0.15) is 0 Å². The first-order valence-electron chi connectivity index (χ1n) is 6.20. The number of nitrogens with zero attached hydrogens (tertiary/aromatic N) is 2. The first kappa shape index (κ1) is 12.8. The Kier molecular flexibility index (Phi) is 3.81. The van der Waals surface area contributed by atoms with Crippen molar-refractivity contribution in [1.82, 2.24) is 0 Å². The smallest absolute Gasteiger partial charge is 0.292 e. The minimum atomic E-state index is -0.311. The number of morpholine rings is 1. The zero-order chi connectivity index (χ0) is 13.1. The zero-order valence-corrected chi connectivity index (χ0v) is 10.8. The Morgan fingerprint density at radius 3 is 2.56 bits per heavy atom. The van der Waals surface area contributed by atoms with E-state index in [0.717, 1.165) is 11.3 Å². The fourth-order valence-corrected chi connectivity index (χ4v) is 2.11. The third-order valence-corrected chi connectivity index (χ3v) is 3.21. The Labute approximate surface area is 107 Å². The zero-order valence-electron chi connectivity index (χ0n) is 10.8. The number of anilines is 1. The van der Waals surface area contributed by atoms with Gasteiger partial charge in [0.05, 0.1) is 18.1 Å². The molecule has 18 heavy (non-hydrogen) atoms. The molecule has 0 unspecified atom stereocenters. The number of nitro groups is 1. The Morgan fingerprint density at radius 1 is 1.33 bits per heavy atom. The summed E-state index contributed by atoms with van der Waals surface area (Å²) in [6.45, 7) is 6.85. The molecule has 0 aromatic heterocycles. The molecule has 1 aromatic rings. The molecule has 1 saturated heterocycles. The minimum Gasteiger partial charge on any atom is -0.378 e. The average molecular weight is 250 g/mol. The van der Waals surface area contributed by atoms with E-state index in [0.29, 0.717) is 32.2 Å². The maximum Gasteiger partial charge on any atom is 0.292 e. The molecule has 5 heteroatoms. The van der Waals surface area contributed by atoms with E-state index >= 15 is 0 Å². The van der Waals surface area contributed by atoms with Gasteiger partial charge in [-0.3, -0.25) is 10.1 Å². The number of hydrogen-bond donors (Lipinski definition) is 0. The summed E-state index contributed by atoms with van der Waals surface area (Å²) in [5.74, 6) is 0.366. The minimum absolute atomic E-state index is 0.182. The lowest BCUT2D eigenvalue weighted by molar-refractivity contribution is -0.384. The van der Waals surface area contributed by atoms with Crippen molar-refractivity contribution in [3.8, 4) is 0 Å². The van der Waals surface area contributed by atoms with Gasteiger partial charge in [0.2, 0.25) is 0 Å². The standard InChI is InChI=1S/C13H18N2O3/c1-10(2)11-3-4-12(15(16)17)13(9-11)14-5-7-18-8-6-14/h3-4,9-10H,5-8H2,1-2H3. The van der Waals surface area contributed by atoms with Gasteiger partial charge in [0.15, 0.2) is 0 Å². The molecule has 2 rings (SSSR count). The second-order valence-corrected chi connectivity index (χ2v) is 4.76. The van der Waals surface area contributed by atoms with Gasteiger partial charge in [0, 0.05) is 19.2 Å². The lowest BCUT2D eigenvalue weighted by Gasteiger charge is -2.29. The van der Waals surface area contributed by atoms with E-state index in [4.69, 9.17) is 4.74 Å². The molecule has 1 aliphatic heterocycles. The molecular weight excluding hydrogens is 232 g/mol. The molecule has 0 radical (unpaired) electrons. The van der Waals surface area contributed by atoms with Crippen LogP contribution in [0.5, 0.6) is 0 Å². The molecule has 5 nitrogen and oxygen atoms in total. The van der Waals surface area contributed by atoms with Gasteiger partial charge in [-0.15, -0.1) is 0 Å². The fourth-order valence-electron chi connectivity index (χ4n) is 2.11. The van der Waals surface area contributed by atoms with Crippen LogP contribution in [0.2, 0.25) is 0 Å². The van der Waals surface area contributed by atoms with Crippen LogP contribution in [0.4, 0.5) is 11.4 Å². The maximum absolute atomic E-state index is 11.1. The Hall–Kier alpha value is -1.62. The van der Waals surface area contributed by atoms with Crippen LogP contribution in [0.25, 0.3) is 0 Å². The normalized spacial score (nSPS) is 16.1. The lowest BCUT2D eigenvalue weighted by atomic mass is 10.0. The molecule has 1 heterocycles. The van der Waals surface area contributed by atoms with Crippen LogP contribution in [-0.2, 0) is 4.74 Å². The number of benzene rings is 1. The van der Waals surface area contributed by atoms with Crippen LogP contribution in [0.3, 0.4) is 0 Å². The van der Waals surface area contributed by atoms with E-state index in [9.17, 15) is 10.1 Å². The molecule has 0 bridgehead atoms. The van der Waals surface area contributed by atoms with Gasteiger partial charge >= 0.3 is 0 Å². The molecular formula is C13H18N2O3. The predicted octanol–water partition coefficient (Wildman–Crippen LogP) is 2.55. The number of hydrogen-bond acceptors (Lipinski definition) is 4. The molecule has 0 amide bonds. The van der Waals surface area contributed by atoms with Crippen LogP contribution in [0, 0.1) is 10.1 Å². The second-order valence-electron chi connectivity index (χ2n) is 4.76. The van der Waals surface area contributed by atoms with Crippen LogP contribution in [0.1, 0.15) is 25.3 Å². The van der Waals surface area contributed by atoms with Crippen molar-refractivity contribution in [3.63, 3.8) is 0 Å². The molecule has 1 fully saturated rings. The summed E-state index contributed by atoms with van der Waals surface area (Å²) >= 11 is 0. The second kappa shape index (κ2) is 5.35. The average Bonchev–Trinajstić information content (AvgIpc) is 2.39. The monoisotopic (exact) mass is 250 g/mol. The summed E-state index contributed by atoms with van der Waals surface area (Å²) in [5.41, 5.74) is 2.03. The van der Waals surface area contributed by atoms with Crippen molar-refractivity contribution < 1.29 is 9.66 Å². The molecule has 0 aliphatic carbocycles. The van der Waals surface area contributed by atoms with E-state index in [1.54, 1.807) is 6.07 Å². The van der Waals surface area contributed by atoms with Gasteiger partial charge in [0.25, 0.3) is 5.69 Å². The SMILES string of the molecule is CC(C)c1ccc([N+](=O)[O-])c(N2CCOCC2)c1. The van der Waals surface area contributed by atoms with Gasteiger partial charge in [0.1, 0.15) is 5.69 Å². The Balaban J connectivity index is 2.39. The van der Waals surface area contributed by atoms with Gasteiger partial charge in [-0.1, -0.05) is 19.9 Å². The third-order valence-electron chi connectivity index (χ3n) is 3.21. The van der Waals surface area contributed by atoms with E-state index in [-0.39, 0.29) is 10.6 Å². The van der Waals surface area contributed by atoms with Gasteiger partial charge < -0.3 is 9.64 Å². The van der Waals surface area contributed by atoms with Crippen molar-refractivity contribution in [1.29, 1.82) is 0 Å². The number of rotatable bonds is 3. The summed E-state index contributed by atoms with van der Waals surface area (Å²) < 4.78 is 5.29. The highest BCUT2D eigenvalue weighted by Gasteiger charge is 2.22. The van der Waals surface area contributed by atoms with E-state index in [1.165, 1.54) is 0 Å². The summed E-state index contributed by atoms with van der Waals surface area (Å²) in [4.78, 5) is 12.8. The van der Waals surface area contributed by atoms with E-state index in [1.807, 2.05) is 17.0 Å². The molecule has 0 atom stereocenters. The van der Waals surface area contributed by atoms with Crippen molar-refractivity contribution in [2.75, 3.05) is 31.2 Å². The Bertz CT molecular complexity index is 440. The van der Waals surface area contributed by atoms with Gasteiger partial charge in [-0.05, 0) is 17.5 Å². The number of nitro benzene ring substituents is 1. The topological polar surface area (TPSA) is 55.6 Å². The molecule has 0 spiro atoms. The highest BCUT2D eigenvalue weighted by Crippen LogP contribution is 2.32. The van der Waals surface area contributed by atoms with Crippen LogP contribution in [0.15, 0.2) is 18.2 Å². The van der Waals surface area contributed by atoms with Crippen LogP contribution < -0.4 is 4.90 Å². The van der Waals surface area contributed by atoms with Crippen LogP contribution in [-0.4, -0.2) is 31.2 Å². The molecule has 0 saturated carbocycles. The molecule has 98 valence electrons. The highest BCUT2D eigenvalue weighted by molar-refractivity contribution is 5.65. The molecule has 0 N–H and O–H groups in total. The van der Waals surface area contributed by atoms with E-state index < -0.39 is 0 Å². The van der Waals surface area contributed by atoms with Crippen molar-refractivity contribution >= 4 is 11.4 Å². The van der Waals surface area contributed by atoms with Crippen molar-refractivity contribution in [2.45, 2.75) is 19.8 Å². The summed E-state index contributed by atoms with van der Waals surface area (Å²) in [5, 5.41) is 11.1. The predicted molar refractivity (Wildman–Crippen MR) is 70.2 cm³/mol. The maximum atomic E-state index is 11.1. The first-order chi connectivity index (χ1) is 8.59. The van der Waals surface area contributed by atoms with Crippen molar-refractivity contribution in [2.24, 2.45) is 0 Å². The molecule has 1 aliphatic rings. The van der Waals surface area contributed by atoms with Crippen molar-refractivity contribution in [3.05, 3.63) is 33.9 Å². The largest absolute Gasteiger partial charge is 0.378 e. The van der Waals surface area contributed by atoms with Crippen LogP contribution >= 0.6 is 0 Å². The number of ether oxygens (including phenoxy) is 1. The third kappa shape index (κ3) is 2.61. The Morgan fingerprint density at radius 2 is 2.00 bits per heavy atom. The summed E-state index contributed by atoms with van der Waals surface area (Å²) in [6, 6.07) is 5.39. The first-order valence-corrected chi connectivity index (χ1v) is 6.20. The summed E-state index contributed by atoms with van der Waals surface area (Å²) in [7, 11) is 0. The quantitative estimate of drug-likeness (QED) is 0.611. The summed E-state index contributed by atoms with van der Waals surface area (Å²) in [6.07, 6.45) is 0. The van der Waals surface area contributed by atoms with E-state index in [2.05, 4.69) is 13.8 Å². The molecule has 1 aromatic carbocycles. The van der Waals surface area contributed by atoms with Gasteiger partial charge in [-0.25, -0.2) is 0 Å². The highest BCUT2D eigenvalue weighted by atomic mass is 16.6.